The molecule has 2 N–H and O–H groups in total. The van der Waals surface area contributed by atoms with Crippen LogP contribution in [-0.2, 0) is 20.8 Å². The van der Waals surface area contributed by atoms with Crippen molar-refractivity contribution >= 4 is 23.6 Å². The van der Waals surface area contributed by atoms with Crippen LogP contribution in [0.3, 0.4) is 0 Å². The van der Waals surface area contributed by atoms with E-state index in [1.54, 1.807) is 30.7 Å². The monoisotopic (exact) mass is 519 g/mol. The zero-order chi connectivity index (χ0) is 25.9. The number of pyridine rings is 2. The van der Waals surface area contributed by atoms with E-state index in [0.717, 1.165) is 5.56 Å². The molecule has 3 aromatic heterocycles. The number of rotatable bonds is 9. The smallest absolute Gasteiger partial charge is 0.415 e. The average Bonchev–Trinajstić information content (AvgIpc) is 3.29. The molecule has 0 spiro atoms. The molecule has 2 saturated heterocycles. The van der Waals surface area contributed by atoms with E-state index in [1.807, 2.05) is 12.1 Å². The van der Waals surface area contributed by atoms with Gasteiger partial charge in [-0.2, -0.15) is 0 Å². The lowest BCUT2D eigenvalue weighted by molar-refractivity contribution is -0.118. The topological polar surface area (TPSA) is 150 Å². The second-order valence-corrected chi connectivity index (χ2v) is 9.00. The third kappa shape index (κ3) is 5.33. The summed E-state index contributed by atoms with van der Waals surface area (Å²) in [5.41, 5.74) is 2.36. The molecule has 13 heteroatoms. The van der Waals surface area contributed by atoms with Gasteiger partial charge in [0.25, 0.3) is 5.91 Å². The number of cyclic esters (lactones) is 1. The molecule has 6 heterocycles. The van der Waals surface area contributed by atoms with Gasteiger partial charge in [-0.1, -0.05) is 0 Å². The molecule has 6 rings (SSSR count). The van der Waals surface area contributed by atoms with Gasteiger partial charge in [0.05, 0.1) is 37.8 Å². The molecule has 1 unspecified atom stereocenters. The Labute approximate surface area is 217 Å². The van der Waals surface area contributed by atoms with E-state index in [1.165, 1.54) is 4.90 Å². The number of carbonyl (C=O) groups excluding carboxylic acids is 2. The molecular formula is C25H25N7O6. The Morgan fingerprint density at radius 3 is 2.92 bits per heavy atom. The first-order valence-electron chi connectivity index (χ1n) is 12.2. The lowest BCUT2D eigenvalue weighted by Crippen LogP contribution is -2.38. The minimum absolute atomic E-state index is 0.0146. The Morgan fingerprint density at radius 2 is 2.05 bits per heavy atom. The first-order chi connectivity index (χ1) is 18.6. The van der Waals surface area contributed by atoms with E-state index in [0.29, 0.717) is 73.9 Å². The SMILES string of the molecule is O=C1COc2ccc(N3CC(CCNCc4ccnc(-c5cncc(OC6COC6)n5)c4)OC3=O)nc2N1. The lowest BCUT2D eigenvalue weighted by atomic mass is 10.2. The summed E-state index contributed by atoms with van der Waals surface area (Å²) in [6.07, 6.45) is 4.85. The zero-order valence-corrected chi connectivity index (χ0v) is 20.3. The molecule has 0 radical (unpaired) electrons. The standard InChI is InChI=1S/C25H25N7O6/c33-22-14-36-20-1-2-21(30-24(20)31-22)32-11-16(38-25(32)34)4-5-26-8-15-3-6-28-18(7-15)19-9-27-10-23(29-19)37-17-12-35-13-17/h1-3,6-7,9-10,16-17,26H,4-5,8,11-14H2,(H,30,31,33). The van der Waals surface area contributed by atoms with Crippen molar-refractivity contribution in [2.24, 2.45) is 0 Å². The normalized spacial score (nSPS) is 18.7. The molecule has 0 bridgehead atoms. The van der Waals surface area contributed by atoms with Gasteiger partial charge >= 0.3 is 6.09 Å². The predicted molar refractivity (Wildman–Crippen MR) is 133 cm³/mol. The average molecular weight is 520 g/mol. The fourth-order valence-electron chi connectivity index (χ4n) is 4.16. The Balaban J connectivity index is 1.00. The van der Waals surface area contributed by atoms with Gasteiger partial charge in [-0.05, 0) is 42.8 Å². The van der Waals surface area contributed by atoms with Crippen LogP contribution in [0.2, 0.25) is 0 Å². The number of nitrogens with one attached hydrogen (secondary N) is 2. The van der Waals surface area contributed by atoms with E-state index in [9.17, 15) is 9.59 Å². The summed E-state index contributed by atoms with van der Waals surface area (Å²) in [4.78, 5) is 43.0. The fraction of sp³-hybridized carbons (Fsp3) is 0.360. The highest BCUT2D eigenvalue weighted by atomic mass is 16.6. The first-order valence-corrected chi connectivity index (χ1v) is 12.2. The Kier molecular flexibility index (Phi) is 6.67. The molecule has 1 atom stereocenters. The summed E-state index contributed by atoms with van der Waals surface area (Å²) in [5.74, 6) is 1.33. The van der Waals surface area contributed by atoms with Crippen LogP contribution in [0.25, 0.3) is 11.4 Å². The number of anilines is 2. The molecule has 2 fully saturated rings. The van der Waals surface area contributed by atoms with Crippen molar-refractivity contribution in [3.8, 4) is 23.0 Å². The molecule has 3 aliphatic rings. The highest BCUT2D eigenvalue weighted by Crippen LogP contribution is 2.30. The van der Waals surface area contributed by atoms with Gasteiger partial charge in [-0.15, -0.1) is 0 Å². The number of hydrogen-bond acceptors (Lipinski definition) is 11. The predicted octanol–water partition coefficient (Wildman–Crippen LogP) is 1.55. The van der Waals surface area contributed by atoms with E-state index < -0.39 is 6.09 Å². The summed E-state index contributed by atoms with van der Waals surface area (Å²) < 4.78 is 21.7. The van der Waals surface area contributed by atoms with Gasteiger partial charge in [0.2, 0.25) is 5.88 Å². The third-order valence-electron chi connectivity index (χ3n) is 6.18. The molecule has 0 aromatic carbocycles. The van der Waals surface area contributed by atoms with Crippen LogP contribution in [0.5, 0.6) is 11.6 Å². The van der Waals surface area contributed by atoms with E-state index >= 15 is 0 Å². The largest absolute Gasteiger partial charge is 0.480 e. The van der Waals surface area contributed by atoms with Crippen molar-refractivity contribution in [2.45, 2.75) is 25.2 Å². The van der Waals surface area contributed by atoms with Crippen molar-refractivity contribution in [1.29, 1.82) is 0 Å². The maximum absolute atomic E-state index is 12.4. The maximum Gasteiger partial charge on any atom is 0.415 e. The second kappa shape index (κ2) is 10.6. The van der Waals surface area contributed by atoms with Gasteiger partial charge in [0.1, 0.15) is 23.7 Å². The highest BCUT2D eigenvalue weighted by Gasteiger charge is 2.33. The molecule has 2 amide bonds. The lowest BCUT2D eigenvalue weighted by Gasteiger charge is -2.25. The number of fused-ring (bicyclic) bond motifs is 1. The van der Waals surface area contributed by atoms with Crippen LogP contribution in [-0.4, -0.2) is 77.1 Å². The number of hydrogen-bond donors (Lipinski definition) is 2. The Hall–Kier alpha value is -4.36. The number of ether oxygens (including phenoxy) is 4. The summed E-state index contributed by atoms with van der Waals surface area (Å²) in [6.45, 7) is 2.67. The van der Waals surface area contributed by atoms with Crippen LogP contribution in [0.4, 0.5) is 16.4 Å². The van der Waals surface area contributed by atoms with Gasteiger partial charge in [-0.3, -0.25) is 19.7 Å². The number of carbonyl (C=O) groups is 2. The molecule has 0 aliphatic carbocycles. The van der Waals surface area contributed by atoms with Crippen LogP contribution in [0.1, 0.15) is 12.0 Å². The summed E-state index contributed by atoms with van der Waals surface area (Å²) in [5, 5.41) is 6.03. The molecule has 3 aliphatic heterocycles. The quantitative estimate of drug-likeness (QED) is 0.396. The summed E-state index contributed by atoms with van der Waals surface area (Å²) >= 11 is 0. The third-order valence-corrected chi connectivity index (χ3v) is 6.18. The fourth-order valence-corrected chi connectivity index (χ4v) is 4.16. The summed E-state index contributed by atoms with van der Waals surface area (Å²) in [7, 11) is 0. The molecule has 3 aromatic rings. The van der Waals surface area contributed by atoms with Crippen molar-refractivity contribution in [3.05, 3.63) is 48.4 Å². The van der Waals surface area contributed by atoms with E-state index in [4.69, 9.17) is 18.9 Å². The Morgan fingerprint density at radius 1 is 1.13 bits per heavy atom. The minimum Gasteiger partial charge on any atom is -0.480 e. The molecule has 38 heavy (non-hydrogen) atoms. The van der Waals surface area contributed by atoms with Crippen LogP contribution in [0, 0.1) is 0 Å². The number of aromatic nitrogens is 4. The number of amides is 2. The molecule has 13 nitrogen and oxygen atoms in total. The van der Waals surface area contributed by atoms with Crippen molar-refractivity contribution in [2.75, 3.05) is 43.1 Å². The van der Waals surface area contributed by atoms with Gasteiger partial charge in [-0.25, -0.2) is 14.8 Å². The molecule has 196 valence electrons. The molecular weight excluding hydrogens is 494 g/mol. The zero-order valence-electron chi connectivity index (χ0n) is 20.3. The highest BCUT2D eigenvalue weighted by molar-refractivity contribution is 5.95. The Bertz CT molecular complexity index is 1350. The maximum atomic E-state index is 12.4. The minimum atomic E-state index is -0.471. The van der Waals surface area contributed by atoms with Gasteiger partial charge < -0.3 is 29.6 Å². The summed E-state index contributed by atoms with van der Waals surface area (Å²) in [6, 6.07) is 7.24. The number of nitrogens with zero attached hydrogens (tertiary/aromatic N) is 5. The van der Waals surface area contributed by atoms with Gasteiger partial charge in [0, 0.05) is 12.7 Å². The van der Waals surface area contributed by atoms with E-state index in [-0.39, 0.29) is 24.7 Å². The van der Waals surface area contributed by atoms with Crippen molar-refractivity contribution in [3.63, 3.8) is 0 Å². The van der Waals surface area contributed by atoms with Crippen LogP contribution in [0.15, 0.2) is 42.9 Å². The van der Waals surface area contributed by atoms with Crippen molar-refractivity contribution < 1.29 is 28.5 Å². The van der Waals surface area contributed by atoms with Crippen LogP contribution < -0.4 is 25.0 Å². The van der Waals surface area contributed by atoms with E-state index in [2.05, 4.69) is 30.6 Å². The first kappa shape index (κ1) is 24.0. The van der Waals surface area contributed by atoms with Gasteiger partial charge in [0.15, 0.2) is 18.2 Å². The second-order valence-electron chi connectivity index (χ2n) is 9.00. The molecule has 0 saturated carbocycles. The van der Waals surface area contributed by atoms with Crippen molar-refractivity contribution in [1.82, 2.24) is 25.3 Å². The van der Waals surface area contributed by atoms with Crippen LogP contribution >= 0.6 is 0 Å².